The molecule has 0 bridgehead atoms. The zero-order valence-corrected chi connectivity index (χ0v) is 19.3. The van der Waals surface area contributed by atoms with E-state index in [0.717, 1.165) is 55.2 Å². The van der Waals surface area contributed by atoms with Gasteiger partial charge in [-0.05, 0) is 73.9 Å². The number of aliphatic hydroxyl groups is 1. The second-order valence-corrected chi connectivity index (χ2v) is 8.87. The molecule has 0 aliphatic carbocycles. The fourth-order valence-corrected chi connectivity index (χ4v) is 4.67. The summed E-state index contributed by atoms with van der Waals surface area (Å²) in [5.41, 5.74) is 3.91. The molecule has 0 radical (unpaired) electrons. The van der Waals surface area contributed by atoms with Gasteiger partial charge in [-0.2, -0.15) is 0 Å². The van der Waals surface area contributed by atoms with Crippen LogP contribution in [0.3, 0.4) is 0 Å². The first kappa shape index (κ1) is 24.6. The van der Waals surface area contributed by atoms with E-state index in [2.05, 4.69) is 17.9 Å². The van der Waals surface area contributed by atoms with Crippen LogP contribution in [0.4, 0.5) is 4.39 Å². The molecule has 0 unspecified atom stereocenters. The minimum absolute atomic E-state index is 0.0996. The highest BCUT2D eigenvalue weighted by Gasteiger charge is 2.27. The van der Waals surface area contributed by atoms with E-state index in [9.17, 15) is 14.3 Å². The van der Waals surface area contributed by atoms with Crippen LogP contribution in [0.2, 0.25) is 0 Å². The molecule has 1 fully saturated rings. The quantitative estimate of drug-likeness (QED) is 0.481. The summed E-state index contributed by atoms with van der Waals surface area (Å²) in [5, 5.41) is 10.7. The average Bonchev–Trinajstić information content (AvgIpc) is 3.22. The molecule has 0 aromatic heterocycles. The summed E-state index contributed by atoms with van der Waals surface area (Å²) >= 11 is 0. The van der Waals surface area contributed by atoms with Gasteiger partial charge < -0.3 is 14.6 Å². The molecule has 1 N–H and O–H groups in total. The number of carbonyl (C=O) groups is 1. The molecule has 2 aromatic rings. The van der Waals surface area contributed by atoms with Crippen LogP contribution in [-0.2, 0) is 22.4 Å². The van der Waals surface area contributed by atoms with Gasteiger partial charge in [0, 0.05) is 19.0 Å². The molecule has 1 aliphatic heterocycles. The highest BCUT2D eigenvalue weighted by atomic mass is 19.1. The van der Waals surface area contributed by atoms with Crippen LogP contribution in [0.5, 0.6) is 0 Å². The van der Waals surface area contributed by atoms with E-state index in [1.165, 1.54) is 0 Å². The van der Waals surface area contributed by atoms with Crippen molar-refractivity contribution in [1.82, 2.24) is 4.90 Å². The van der Waals surface area contributed by atoms with E-state index in [1.807, 2.05) is 30.3 Å². The molecule has 4 nitrogen and oxygen atoms in total. The maximum Gasteiger partial charge on any atom is 0.126 e. The molecule has 1 heterocycles. The third-order valence-electron chi connectivity index (χ3n) is 6.45. The highest BCUT2D eigenvalue weighted by Crippen LogP contribution is 2.26. The highest BCUT2D eigenvalue weighted by molar-refractivity contribution is 5.50. The Bertz CT molecular complexity index is 872. The third-order valence-corrected chi connectivity index (χ3v) is 6.45. The van der Waals surface area contributed by atoms with Crippen LogP contribution < -0.4 is 0 Å². The number of halogens is 1. The molecule has 0 saturated carbocycles. The summed E-state index contributed by atoms with van der Waals surface area (Å²) < 4.78 is 20.1. The Morgan fingerprint density at radius 2 is 2.09 bits per heavy atom. The fourth-order valence-electron chi connectivity index (χ4n) is 4.67. The lowest BCUT2D eigenvalue weighted by Crippen LogP contribution is -2.39. The molecule has 1 aliphatic rings. The van der Waals surface area contributed by atoms with Gasteiger partial charge >= 0.3 is 0 Å². The number of likely N-dealkylation sites (tertiary alicyclic amines) is 1. The van der Waals surface area contributed by atoms with Gasteiger partial charge in [0.25, 0.3) is 0 Å². The van der Waals surface area contributed by atoms with E-state index in [4.69, 9.17) is 4.74 Å². The molecular formula is C27H36FNO3. The largest absolute Gasteiger partial charge is 0.389 e. The number of rotatable bonds is 12. The van der Waals surface area contributed by atoms with Crippen molar-refractivity contribution in [2.75, 3.05) is 19.7 Å². The Kier molecular flexibility index (Phi) is 9.39. The summed E-state index contributed by atoms with van der Waals surface area (Å²) in [6.07, 6.45) is 5.22. The summed E-state index contributed by atoms with van der Waals surface area (Å²) in [4.78, 5) is 13.1. The number of ether oxygens (including phenoxy) is 1. The summed E-state index contributed by atoms with van der Waals surface area (Å²) in [6, 6.07) is 13.9. The van der Waals surface area contributed by atoms with Crippen LogP contribution >= 0.6 is 0 Å². The molecular weight excluding hydrogens is 405 g/mol. The van der Waals surface area contributed by atoms with E-state index >= 15 is 0 Å². The van der Waals surface area contributed by atoms with E-state index < -0.39 is 6.10 Å². The van der Waals surface area contributed by atoms with Crippen molar-refractivity contribution < 1.29 is 19.0 Å². The Balaban J connectivity index is 1.54. The molecule has 3 atom stereocenters. The van der Waals surface area contributed by atoms with Gasteiger partial charge in [0.1, 0.15) is 12.1 Å². The van der Waals surface area contributed by atoms with Crippen molar-refractivity contribution in [3.05, 3.63) is 70.5 Å². The van der Waals surface area contributed by atoms with Crippen molar-refractivity contribution in [2.45, 2.75) is 70.6 Å². The SMILES string of the molecule is CC[C@@H](OC[C@H](O)CN1CCC[C@H]1Cc1ccc(C)c(F)c1)c1ccccc1CCC=O. The van der Waals surface area contributed by atoms with Crippen molar-refractivity contribution in [2.24, 2.45) is 0 Å². The maximum atomic E-state index is 13.9. The number of carbonyl (C=O) groups excluding carboxylic acids is 1. The van der Waals surface area contributed by atoms with E-state index in [-0.39, 0.29) is 18.5 Å². The average molecular weight is 442 g/mol. The normalized spacial score (nSPS) is 18.6. The van der Waals surface area contributed by atoms with Crippen molar-refractivity contribution in [1.29, 1.82) is 0 Å². The summed E-state index contributed by atoms with van der Waals surface area (Å²) in [6.45, 7) is 5.62. The Morgan fingerprint density at radius 3 is 2.84 bits per heavy atom. The van der Waals surface area contributed by atoms with Gasteiger partial charge in [-0.1, -0.05) is 43.3 Å². The van der Waals surface area contributed by atoms with Gasteiger partial charge in [0.2, 0.25) is 0 Å². The number of benzene rings is 2. The minimum atomic E-state index is -0.582. The molecule has 174 valence electrons. The Hall–Kier alpha value is -2.08. The topological polar surface area (TPSA) is 49.8 Å². The van der Waals surface area contributed by atoms with Crippen LogP contribution in [0, 0.1) is 12.7 Å². The lowest BCUT2D eigenvalue weighted by molar-refractivity contribution is -0.107. The molecule has 0 amide bonds. The van der Waals surface area contributed by atoms with Gasteiger partial charge in [0.15, 0.2) is 0 Å². The summed E-state index contributed by atoms with van der Waals surface area (Å²) in [5.74, 6) is -0.153. The third kappa shape index (κ3) is 6.71. The molecule has 1 saturated heterocycles. The fraction of sp³-hybridized carbons (Fsp3) is 0.519. The van der Waals surface area contributed by atoms with Crippen molar-refractivity contribution >= 4 is 6.29 Å². The van der Waals surface area contributed by atoms with E-state index in [0.29, 0.717) is 31.0 Å². The predicted octanol–water partition coefficient (Wildman–Crippen LogP) is 4.80. The van der Waals surface area contributed by atoms with Crippen molar-refractivity contribution in [3.63, 3.8) is 0 Å². The lowest BCUT2D eigenvalue weighted by Gasteiger charge is -2.28. The number of hydrogen-bond donors (Lipinski definition) is 1. The molecule has 32 heavy (non-hydrogen) atoms. The zero-order valence-electron chi connectivity index (χ0n) is 19.3. The second-order valence-electron chi connectivity index (χ2n) is 8.87. The number of hydrogen-bond acceptors (Lipinski definition) is 4. The van der Waals surface area contributed by atoms with Crippen molar-refractivity contribution in [3.8, 4) is 0 Å². The molecule has 0 spiro atoms. The summed E-state index contributed by atoms with van der Waals surface area (Å²) in [7, 11) is 0. The van der Waals surface area contributed by atoms with Gasteiger partial charge in [-0.15, -0.1) is 0 Å². The minimum Gasteiger partial charge on any atom is -0.389 e. The van der Waals surface area contributed by atoms with E-state index in [1.54, 1.807) is 13.0 Å². The second kappa shape index (κ2) is 12.2. The number of aldehydes is 1. The molecule has 5 heteroatoms. The number of aliphatic hydroxyl groups excluding tert-OH is 1. The monoisotopic (exact) mass is 441 g/mol. The van der Waals surface area contributed by atoms with Crippen LogP contribution in [0.1, 0.15) is 61.0 Å². The zero-order chi connectivity index (χ0) is 22.9. The lowest BCUT2D eigenvalue weighted by atomic mass is 9.97. The first-order chi connectivity index (χ1) is 15.5. The van der Waals surface area contributed by atoms with Crippen LogP contribution in [-0.4, -0.2) is 48.1 Å². The number of aryl methyl sites for hydroxylation is 2. The smallest absolute Gasteiger partial charge is 0.126 e. The van der Waals surface area contributed by atoms with Crippen LogP contribution in [0.15, 0.2) is 42.5 Å². The number of nitrogens with zero attached hydrogens (tertiary/aromatic N) is 1. The van der Waals surface area contributed by atoms with Gasteiger partial charge in [-0.25, -0.2) is 4.39 Å². The first-order valence-electron chi connectivity index (χ1n) is 11.8. The van der Waals surface area contributed by atoms with Gasteiger partial charge in [-0.3, -0.25) is 4.90 Å². The van der Waals surface area contributed by atoms with Crippen LogP contribution in [0.25, 0.3) is 0 Å². The maximum absolute atomic E-state index is 13.9. The molecule has 3 rings (SSSR count). The standard InChI is InChI=1S/C27H36FNO3/c1-3-27(25-11-5-4-8-22(25)9-7-15-30)32-19-24(31)18-29-14-6-10-23(29)16-21-13-12-20(2)26(28)17-21/h4-5,8,11-13,15,17,23-24,27,31H,3,6-7,9-10,14,16,18-19H2,1-2H3/t23-,24+,27+/m0/s1. The first-order valence-corrected chi connectivity index (χ1v) is 11.8. The Morgan fingerprint density at radius 1 is 1.28 bits per heavy atom. The Labute approximate surface area is 191 Å². The number of β-amino-alcohol motifs (C(OH)–C–C–N with tert-alkyl or cyclic N) is 1. The predicted molar refractivity (Wildman–Crippen MR) is 125 cm³/mol. The molecule has 2 aromatic carbocycles. The van der Waals surface area contributed by atoms with Gasteiger partial charge in [0.05, 0.1) is 18.8 Å².